The van der Waals surface area contributed by atoms with Gasteiger partial charge in [-0.05, 0) is 12.1 Å². The molecule has 1 N–H and O–H groups in total. The van der Waals surface area contributed by atoms with E-state index < -0.39 is 0 Å². The van der Waals surface area contributed by atoms with E-state index in [2.05, 4.69) is 15.5 Å². The molecule has 0 saturated carbocycles. The molecule has 2 aromatic rings. The molecule has 0 saturated heterocycles. The first-order valence-corrected chi connectivity index (χ1v) is 6.97. The molecule has 0 aliphatic carbocycles. The molecule has 1 aromatic heterocycles. The summed E-state index contributed by atoms with van der Waals surface area (Å²) in [5, 5.41) is 12.7. The van der Waals surface area contributed by atoms with Gasteiger partial charge >= 0.3 is 0 Å². The van der Waals surface area contributed by atoms with Gasteiger partial charge in [0.25, 0.3) is 5.19 Å². The van der Waals surface area contributed by atoms with E-state index in [9.17, 15) is 0 Å². The quantitative estimate of drug-likeness (QED) is 0.752. The smallest absolute Gasteiger partial charge is 0.299 e. The van der Waals surface area contributed by atoms with Gasteiger partial charge in [-0.3, -0.25) is 0 Å². The fourth-order valence-corrected chi connectivity index (χ4v) is 2.16. The molecule has 0 aliphatic heterocycles. The van der Waals surface area contributed by atoms with Crippen LogP contribution in [0.15, 0.2) is 24.3 Å². The Hall–Kier alpha value is -1.70. The summed E-state index contributed by atoms with van der Waals surface area (Å²) in [5.41, 5.74) is 0. The minimum Gasteiger partial charge on any atom is -0.497 e. The van der Waals surface area contributed by atoms with E-state index in [0.717, 1.165) is 17.3 Å². The molecule has 108 valence electrons. The number of nitrogens with zero attached hydrogens (tertiary/aromatic N) is 2. The van der Waals surface area contributed by atoms with E-state index in [4.69, 9.17) is 14.2 Å². The summed E-state index contributed by atoms with van der Waals surface area (Å²) in [6.45, 7) is 2.11. The largest absolute Gasteiger partial charge is 0.497 e. The molecule has 0 fully saturated rings. The highest BCUT2D eigenvalue weighted by molar-refractivity contribution is 7.13. The van der Waals surface area contributed by atoms with Crippen LogP contribution < -0.4 is 14.8 Å². The zero-order chi connectivity index (χ0) is 14.2. The molecule has 0 radical (unpaired) electrons. The zero-order valence-corrected chi connectivity index (χ0v) is 12.3. The molecule has 7 heteroatoms. The second kappa shape index (κ2) is 7.78. The van der Waals surface area contributed by atoms with Gasteiger partial charge in [0.1, 0.15) is 16.5 Å². The lowest BCUT2D eigenvalue weighted by molar-refractivity contribution is 0.199. The van der Waals surface area contributed by atoms with Gasteiger partial charge in [0.05, 0.1) is 13.7 Å². The summed E-state index contributed by atoms with van der Waals surface area (Å²) >= 11 is 1.41. The summed E-state index contributed by atoms with van der Waals surface area (Å²) in [6.07, 6.45) is 0. The van der Waals surface area contributed by atoms with Crippen molar-refractivity contribution in [2.75, 3.05) is 27.4 Å². The Morgan fingerprint density at radius 2 is 2.05 bits per heavy atom. The third kappa shape index (κ3) is 4.44. The van der Waals surface area contributed by atoms with Gasteiger partial charge in [0, 0.05) is 26.3 Å². The van der Waals surface area contributed by atoms with Crippen LogP contribution in [0.4, 0.5) is 0 Å². The Balaban J connectivity index is 1.88. The second-order valence-electron chi connectivity index (χ2n) is 3.91. The lowest BCUT2D eigenvalue weighted by atomic mass is 10.3. The lowest BCUT2D eigenvalue weighted by Crippen LogP contribution is -2.18. The van der Waals surface area contributed by atoms with Gasteiger partial charge in [-0.15, -0.1) is 5.10 Å². The fourth-order valence-electron chi connectivity index (χ4n) is 1.49. The van der Waals surface area contributed by atoms with Crippen LogP contribution in [0.1, 0.15) is 5.01 Å². The first-order chi connectivity index (χ1) is 9.81. The first kappa shape index (κ1) is 14.7. The van der Waals surface area contributed by atoms with Crippen molar-refractivity contribution in [3.8, 4) is 16.7 Å². The number of rotatable bonds is 8. The average molecular weight is 295 g/mol. The highest BCUT2D eigenvalue weighted by Crippen LogP contribution is 2.27. The van der Waals surface area contributed by atoms with Gasteiger partial charge in [-0.2, -0.15) is 0 Å². The second-order valence-corrected chi connectivity index (χ2v) is 4.94. The van der Waals surface area contributed by atoms with Crippen LogP contribution in [-0.2, 0) is 11.3 Å². The average Bonchev–Trinajstić information content (AvgIpc) is 2.91. The van der Waals surface area contributed by atoms with Crippen molar-refractivity contribution in [3.63, 3.8) is 0 Å². The molecule has 1 aromatic carbocycles. The topological polar surface area (TPSA) is 65.5 Å². The third-order valence-electron chi connectivity index (χ3n) is 2.45. The van der Waals surface area contributed by atoms with Crippen LogP contribution >= 0.6 is 11.3 Å². The Labute approximate surface area is 121 Å². The van der Waals surface area contributed by atoms with Crippen molar-refractivity contribution in [1.82, 2.24) is 15.5 Å². The van der Waals surface area contributed by atoms with Crippen molar-refractivity contribution in [1.29, 1.82) is 0 Å². The minimum atomic E-state index is 0.516. The van der Waals surface area contributed by atoms with Gasteiger partial charge in [0.15, 0.2) is 0 Å². The number of benzene rings is 1. The maximum Gasteiger partial charge on any atom is 0.299 e. The maximum absolute atomic E-state index is 5.64. The van der Waals surface area contributed by atoms with Gasteiger partial charge < -0.3 is 19.5 Å². The van der Waals surface area contributed by atoms with Crippen molar-refractivity contribution >= 4 is 11.3 Å². The molecule has 0 amide bonds. The van der Waals surface area contributed by atoms with Crippen molar-refractivity contribution in [2.45, 2.75) is 6.54 Å². The summed E-state index contributed by atoms with van der Waals surface area (Å²) in [4.78, 5) is 0. The molecule has 0 spiro atoms. The predicted molar refractivity (Wildman–Crippen MR) is 76.6 cm³/mol. The number of ether oxygens (including phenoxy) is 3. The van der Waals surface area contributed by atoms with E-state index in [0.29, 0.717) is 24.1 Å². The Morgan fingerprint density at radius 3 is 2.85 bits per heavy atom. The van der Waals surface area contributed by atoms with Gasteiger partial charge in [0.2, 0.25) is 0 Å². The highest BCUT2D eigenvalue weighted by Gasteiger charge is 2.06. The van der Waals surface area contributed by atoms with Crippen molar-refractivity contribution in [2.24, 2.45) is 0 Å². The molecule has 20 heavy (non-hydrogen) atoms. The Morgan fingerprint density at radius 1 is 1.20 bits per heavy atom. The number of hydrogen-bond donors (Lipinski definition) is 1. The molecule has 6 nitrogen and oxygen atoms in total. The minimum absolute atomic E-state index is 0.516. The third-order valence-corrected chi connectivity index (χ3v) is 3.26. The summed E-state index contributed by atoms with van der Waals surface area (Å²) in [7, 11) is 3.29. The Kier molecular flexibility index (Phi) is 5.72. The molecular formula is C13H17N3O3S. The van der Waals surface area contributed by atoms with Crippen LogP contribution in [0.3, 0.4) is 0 Å². The first-order valence-electron chi connectivity index (χ1n) is 6.16. The van der Waals surface area contributed by atoms with Gasteiger partial charge in [-0.25, -0.2) is 0 Å². The van der Waals surface area contributed by atoms with Crippen LogP contribution in [-0.4, -0.2) is 37.6 Å². The highest BCUT2D eigenvalue weighted by atomic mass is 32.1. The predicted octanol–water partition coefficient (Wildman–Crippen LogP) is 2.07. The van der Waals surface area contributed by atoms with E-state index in [1.807, 2.05) is 18.2 Å². The van der Waals surface area contributed by atoms with Crippen LogP contribution in [0, 0.1) is 0 Å². The van der Waals surface area contributed by atoms with Crippen molar-refractivity contribution < 1.29 is 14.2 Å². The molecule has 0 aliphatic rings. The lowest BCUT2D eigenvalue weighted by Gasteiger charge is -2.03. The monoisotopic (exact) mass is 295 g/mol. The van der Waals surface area contributed by atoms with Crippen LogP contribution in [0.2, 0.25) is 0 Å². The van der Waals surface area contributed by atoms with Crippen LogP contribution in [0.5, 0.6) is 16.7 Å². The summed E-state index contributed by atoms with van der Waals surface area (Å²) in [5.74, 6) is 1.42. The summed E-state index contributed by atoms with van der Waals surface area (Å²) < 4.78 is 15.7. The van der Waals surface area contributed by atoms with Crippen LogP contribution in [0.25, 0.3) is 0 Å². The molecule has 0 unspecified atom stereocenters. The summed E-state index contributed by atoms with van der Waals surface area (Å²) in [6, 6.07) is 7.37. The number of aromatic nitrogens is 2. The van der Waals surface area contributed by atoms with E-state index >= 15 is 0 Å². The molecule has 2 rings (SSSR count). The van der Waals surface area contributed by atoms with Gasteiger partial charge in [-0.1, -0.05) is 22.5 Å². The maximum atomic E-state index is 5.64. The number of nitrogens with one attached hydrogen (secondary N) is 1. The van der Waals surface area contributed by atoms with E-state index in [1.54, 1.807) is 20.3 Å². The zero-order valence-electron chi connectivity index (χ0n) is 11.5. The normalized spacial score (nSPS) is 10.5. The molecular weight excluding hydrogens is 278 g/mol. The van der Waals surface area contributed by atoms with E-state index in [1.165, 1.54) is 11.3 Å². The molecule has 1 heterocycles. The molecule has 0 atom stereocenters. The SMILES string of the molecule is COCCNCc1nnc(Oc2cccc(OC)c2)s1. The fraction of sp³-hybridized carbons (Fsp3) is 0.385. The number of hydrogen-bond acceptors (Lipinski definition) is 7. The standard InChI is InChI=1S/C13H17N3O3S/c1-17-7-6-14-9-12-15-16-13(20-12)19-11-5-3-4-10(8-11)18-2/h3-5,8,14H,6-7,9H2,1-2H3. The number of methoxy groups -OCH3 is 2. The van der Waals surface area contributed by atoms with E-state index in [-0.39, 0.29) is 0 Å². The van der Waals surface area contributed by atoms with Crippen molar-refractivity contribution in [3.05, 3.63) is 29.3 Å². The Bertz CT molecular complexity index is 533. The molecule has 0 bridgehead atoms.